The Morgan fingerprint density at radius 3 is 2.83 bits per heavy atom. The van der Waals surface area contributed by atoms with Gasteiger partial charge in [-0.2, -0.15) is 0 Å². The van der Waals surface area contributed by atoms with Crippen LogP contribution in [0.2, 0.25) is 0 Å². The first kappa shape index (κ1) is 12.6. The van der Waals surface area contributed by atoms with E-state index in [2.05, 4.69) is 37.0 Å². The third-order valence-corrected chi connectivity index (χ3v) is 5.70. The molecule has 1 nitrogen and oxygen atoms in total. The first-order valence-electron chi connectivity index (χ1n) is 5.91. The van der Waals surface area contributed by atoms with Crippen LogP contribution in [-0.4, -0.2) is 15.1 Å². The fourth-order valence-corrected chi connectivity index (χ4v) is 4.22. The summed E-state index contributed by atoms with van der Waals surface area (Å²) in [5.41, 5.74) is 4.73. The Bertz CT molecular complexity index is 625. The number of hydrogen-bond donors (Lipinski definition) is 0. The van der Waals surface area contributed by atoms with Crippen LogP contribution in [0.25, 0.3) is 10.9 Å². The Hall–Kier alpha value is -0.440. The zero-order valence-electron chi connectivity index (χ0n) is 10.2. The lowest BCUT2D eigenvalue weighted by atomic mass is 10.0. The van der Waals surface area contributed by atoms with Crippen molar-refractivity contribution in [3.05, 3.63) is 35.0 Å². The van der Waals surface area contributed by atoms with Gasteiger partial charge >= 0.3 is 0 Å². The van der Waals surface area contributed by atoms with Crippen LogP contribution < -0.4 is 0 Å². The number of fused-ring (bicyclic) bond motifs is 3. The minimum absolute atomic E-state index is 0.245. The molecule has 1 aliphatic rings. The van der Waals surface area contributed by atoms with Crippen molar-refractivity contribution in [2.75, 3.05) is 0 Å². The zero-order valence-corrected chi connectivity index (χ0v) is 12.5. The van der Waals surface area contributed by atoms with Crippen molar-refractivity contribution >= 4 is 45.9 Å². The van der Waals surface area contributed by atoms with Gasteiger partial charge in [0.2, 0.25) is 0 Å². The highest BCUT2D eigenvalue weighted by molar-refractivity contribution is 8.00. The van der Waals surface area contributed by atoms with Crippen LogP contribution in [0, 0.1) is 13.8 Å². The number of rotatable bonds is 1. The molecule has 1 aromatic carbocycles. The Balaban J connectivity index is 2.22. The standard InChI is InChI=1S/C14H13Cl2NS/c1-7-3-4-11-10(5-7)13-9(8(2)17-11)6-12(18-13)14(15)16/h3-5,12,14H,6H2,1-2H3/t12-/m0/s1. The molecule has 0 N–H and O–H groups in total. The Morgan fingerprint density at radius 1 is 1.33 bits per heavy atom. The summed E-state index contributed by atoms with van der Waals surface area (Å²) in [5.74, 6) is 0. The Labute approximate surface area is 121 Å². The van der Waals surface area contributed by atoms with Gasteiger partial charge in [-0.1, -0.05) is 11.6 Å². The van der Waals surface area contributed by atoms with Crippen LogP contribution in [0.3, 0.4) is 0 Å². The van der Waals surface area contributed by atoms with Gasteiger partial charge in [0.1, 0.15) is 4.84 Å². The zero-order chi connectivity index (χ0) is 12.9. The number of aryl methyl sites for hydroxylation is 2. The van der Waals surface area contributed by atoms with Gasteiger partial charge in [0, 0.05) is 21.2 Å². The van der Waals surface area contributed by atoms with Crippen LogP contribution in [0.5, 0.6) is 0 Å². The van der Waals surface area contributed by atoms with Gasteiger partial charge < -0.3 is 0 Å². The highest BCUT2D eigenvalue weighted by Gasteiger charge is 2.30. The number of aromatic nitrogens is 1. The third kappa shape index (κ3) is 2.01. The number of hydrogen-bond acceptors (Lipinski definition) is 2. The van der Waals surface area contributed by atoms with E-state index in [1.165, 1.54) is 21.4 Å². The van der Waals surface area contributed by atoms with Gasteiger partial charge in [-0.25, -0.2) is 0 Å². The van der Waals surface area contributed by atoms with Gasteiger partial charge in [0.25, 0.3) is 0 Å². The van der Waals surface area contributed by atoms with Crippen molar-refractivity contribution in [3.63, 3.8) is 0 Å². The summed E-state index contributed by atoms with van der Waals surface area (Å²) in [6.07, 6.45) is 0.917. The first-order chi connectivity index (χ1) is 8.56. The van der Waals surface area contributed by atoms with Crippen LogP contribution in [0.1, 0.15) is 16.8 Å². The molecule has 0 fully saturated rings. The van der Waals surface area contributed by atoms with Crippen molar-refractivity contribution in [2.45, 2.75) is 35.2 Å². The van der Waals surface area contributed by atoms with E-state index in [9.17, 15) is 0 Å². The summed E-state index contributed by atoms with van der Waals surface area (Å²) < 4.78 is 0. The molecule has 0 radical (unpaired) electrons. The average molecular weight is 298 g/mol. The van der Waals surface area contributed by atoms with Gasteiger partial charge in [0.15, 0.2) is 0 Å². The molecule has 1 atom stereocenters. The third-order valence-electron chi connectivity index (χ3n) is 3.35. The number of thioether (sulfide) groups is 1. The normalized spacial score (nSPS) is 18.6. The van der Waals surface area contributed by atoms with Crippen LogP contribution in [0.15, 0.2) is 23.1 Å². The molecular formula is C14H13Cl2NS. The summed E-state index contributed by atoms with van der Waals surface area (Å²) in [6, 6.07) is 6.39. The monoisotopic (exact) mass is 297 g/mol. The van der Waals surface area contributed by atoms with E-state index in [1.54, 1.807) is 11.8 Å². The van der Waals surface area contributed by atoms with Gasteiger partial charge in [-0.05, 0) is 38.0 Å². The molecule has 94 valence electrons. The molecule has 3 rings (SSSR count). The summed E-state index contributed by atoms with van der Waals surface area (Å²) in [4.78, 5) is 5.67. The minimum Gasteiger partial charge on any atom is -0.253 e. The van der Waals surface area contributed by atoms with Crippen LogP contribution in [0.4, 0.5) is 0 Å². The van der Waals surface area contributed by atoms with Crippen LogP contribution >= 0.6 is 35.0 Å². The lowest BCUT2D eigenvalue weighted by Gasteiger charge is -2.08. The second kappa shape index (κ2) is 4.59. The smallest absolute Gasteiger partial charge is 0.120 e. The van der Waals surface area contributed by atoms with E-state index in [0.717, 1.165) is 17.6 Å². The summed E-state index contributed by atoms with van der Waals surface area (Å²) in [7, 11) is 0. The number of halogens is 2. The minimum atomic E-state index is -0.332. The number of alkyl halides is 2. The summed E-state index contributed by atoms with van der Waals surface area (Å²) in [6.45, 7) is 4.17. The van der Waals surface area contributed by atoms with Crippen molar-refractivity contribution in [1.82, 2.24) is 4.98 Å². The predicted molar refractivity (Wildman–Crippen MR) is 80.1 cm³/mol. The topological polar surface area (TPSA) is 12.9 Å². The molecule has 0 bridgehead atoms. The van der Waals surface area contributed by atoms with Gasteiger partial charge in [-0.3, -0.25) is 4.98 Å². The summed E-state index contributed by atoms with van der Waals surface area (Å²) >= 11 is 13.9. The van der Waals surface area contributed by atoms with E-state index in [-0.39, 0.29) is 10.1 Å². The van der Waals surface area contributed by atoms with Crippen molar-refractivity contribution in [3.8, 4) is 0 Å². The van der Waals surface area contributed by atoms with E-state index in [0.29, 0.717) is 0 Å². The largest absolute Gasteiger partial charge is 0.253 e. The fourth-order valence-electron chi connectivity index (χ4n) is 2.41. The summed E-state index contributed by atoms with van der Waals surface area (Å²) in [5, 5.41) is 1.48. The number of benzene rings is 1. The van der Waals surface area contributed by atoms with Crippen molar-refractivity contribution in [2.24, 2.45) is 0 Å². The predicted octanol–water partition coefficient (Wildman–Crippen LogP) is 4.67. The van der Waals surface area contributed by atoms with Crippen molar-refractivity contribution < 1.29 is 0 Å². The van der Waals surface area contributed by atoms with Crippen molar-refractivity contribution in [1.29, 1.82) is 0 Å². The molecule has 1 aliphatic heterocycles. The molecule has 0 saturated heterocycles. The van der Waals surface area contributed by atoms with E-state index < -0.39 is 0 Å². The molecule has 0 amide bonds. The lowest BCUT2D eigenvalue weighted by molar-refractivity contribution is 0.912. The van der Waals surface area contributed by atoms with E-state index in [4.69, 9.17) is 23.2 Å². The molecule has 2 aromatic rings. The molecule has 2 heterocycles. The number of pyridine rings is 1. The molecule has 1 aromatic heterocycles. The Kier molecular flexibility index (Phi) is 3.21. The molecule has 0 unspecified atom stereocenters. The molecule has 0 saturated carbocycles. The fraction of sp³-hybridized carbons (Fsp3) is 0.357. The Morgan fingerprint density at radius 2 is 2.11 bits per heavy atom. The van der Waals surface area contributed by atoms with E-state index in [1.807, 2.05) is 0 Å². The first-order valence-corrected chi connectivity index (χ1v) is 7.66. The molecule has 4 heteroatoms. The maximum Gasteiger partial charge on any atom is 0.120 e. The van der Waals surface area contributed by atoms with Gasteiger partial charge in [0.05, 0.1) is 5.52 Å². The number of nitrogens with zero attached hydrogens (tertiary/aromatic N) is 1. The van der Waals surface area contributed by atoms with Gasteiger partial charge in [-0.15, -0.1) is 35.0 Å². The molecule has 0 aliphatic carbocycles. The second-order valence-corrected chi connectivity index (χ2v) is 7.13. The van der Waals surface area contributed by atoms with Crippen LogP contribution in [-0.2, 0) is 6.42 Å². The maximum atomic E-state index is 6.03. The second-order valence-electron chi connectivity index (χ2n) is 4.72. The van der Waals surface area contributed by atoms with E-state index >= 15 is 0 Å². The quantitative estimate of drug-likeness (QED) is 0.709. The molecule has 18 heavy (non-hydrogen) atoms. The molecular weight excluding hydrogens is 285 g/mol. The maximum absolute atomic E-state index is 6.03. The lowest BCUT2D eigenvalue weighted by Crippen LogP contribution is -2.10. The highest BCUT2D eigenvalue weighted by Crippen LogP contribution is 2.45. The SMILES string of the molecule is Cc1ccc2nc(C)c3c(c2c1)S[C@H](C(Cl)Cl)C3. The highest BCUT2D eigenvalue weighted by atomic mass is 35.5. The average Bonchev–Trinajstić information content (AvgIpc) is 2.76. The molecule has 0 spiro atoms.